The van der Waals surface area contributed by atoms with Crippen molar-refractivity contribution in [3.8, 4) is 0 Å². The van der Waals surface area contributed by atoms with Crippen LogP contribution in [0.25, 0.3) is 11.0 Å². The number of aryl methyl sites for hydroxylation is 2. The number of para-hydroxylation sites is 3. The van der Waals surface area contributed by atoms with Crippen LogP contribution in [0.2, 0.25) is 5.02 Å². The minimum absolute atomic E-state index is 0.0291. The molecule has 1 unspecified atom stereocenters. The molecule has 1 amide bonds. The maximum Gasteiger partial charge on any atom is 0.227 e. The number of imidazole rings is 1. The fourth-order valence-electron chi connectivity index (χ4n) is 4.70. The molecule has 4 nitrogen and oxygen atoms in total. The van der Waals surface area contributed by atoms with Crippen LogP contribution in [-0.2, 0) is 11.3 Å². The van der Waals surface area contributed by atoms with Gasteiger partial charge >= 0.3 is 0 Å². The van der Waals surface area contributed by atoms with Gasteiger partial charge in [0, 0.05) is 29.6 Å². The summed E-state index contributed by atoms with van der Waals surface area (Å²) >= 11 is 6.47. The Hall–Kier alpha value is -3.11. The Morgan fingerprint density at radius 3 is 2.45 bits per heavy atom. The molecular formula is C26H24ClN3O. The van der Waals surface area contributed by atoms with E-state index < -0.39 is 0 Å². The monoisotopic (exact) mass is 429 g/mol. The number of carbonyl (C=O) groups excluding carboxylic acids is 1. The summed E-state index contributed by atoms with van der Waals surface area (Å²) in [5, 5.41) is 0.742. The van der Waals surface area contributed by atoms with E-state index in [0.717, 1.165) is 44.3 Å². The lowest BCUT2D eigenvalue weighted by atomic mass is 10.1. The quantitative estimate of drug-likeness (QED) is 0.406. The van der Waals surface area contributed by atoms with Crippen LogP contribution >= 0.6 is 11.6 Å². The molecule has 1 aliphatic heterocycles. The summed E-state index contributed by atoms with van der Waals surface area (Å²) < 4.78 is 2.22. The maximum atomic E-state index is 13.1. The van der Waals surface area contributed by atoms with Gasteiger partial charge in [0.25, 0.3) is 0 Å². The Kier molecular flexibility index (Phi) is 5.03. The predicted octanol–water partition coefficient (Wildman–Crippen LogP) is 5.88. The van der Waals surface area contributed by atoms with Crippen LogP contribution in [0.1, 0.15) is 34.9 Å². The van der Waals surface area contributed by atoms with Gasteiger partial charge in [-0.2, -0.15) is 0 Å². The Labute approximate surface area is 187 Å². The molecule has 1 saturated heterocycles. The third-order valence-corrected chi connectivity index (χ3v) is 6.54. The molecule has 5 heteroatoms. The van der Waals surface area contributed by atoms with Gasteiger partial charge in [-0.1, -0.05) is 60.1 Å². The average Bonchev–Trinajstić information content (AvgIpc) is 3.31. The standard InChI is InChI=1S/C26H24ClN3O/c1-17-8-7-9-18(2)25(17)30-16-20(14-24(30)31)26-28-22-12-5-6-13-23(22)29(26)15-19-10-3-4-11-21(19)27/h3-13,20H,14-16H2,1-2H3. The zero-order valence-corrected chi connectivity index (χ0v) is 18.4. The number of carbonyl (C=O) groups is 1. The van der Waals surface area contributed by atoms with Crippen LogP contribution in [0, 0.1) is 13.8 Å². The molecule has 0 radical (unpaired) electrons. The number of nitrogens with zero attached hydrogens (tertiary/aromatic N) is 3. The molecule has 2 heterocycles. The van der Waals surface area contributed by atoms with Gasteiger partial charge in [-0.25, -0.2) is 4.98 Å². The molecule has 1 fully saturated rings. The van der Waals surface area contributed by atoms with Crippen molar-refractivity contribution in [2.45, 2.75) is 32.7 Å². The summed E-state index contributed by atoms with van der Waals surface area (Å²) in [5.41, 5.74) is 6.34. The number of benzene rings is 3. The van der Waals surface area contributed by atoms with Crippen molar-refractivity contribution < 1.29 is 4.79 Å². The van der Waals surface area contributed by atoms with Gasteiger partial charge in [-0.3, -0.25) is 4.79 Å². The molecule has 0 bridgehead atoms. The van der Waals surface area contributed by atoms with Crippen molar-refractivity contribution >= 4 is 34.2 Å². The molecule has 3 aromatic carbocycles. The molecule has 156 valence electrons. The van der Waals surface area contributed by atoms with E-state index >= 15 is 0 Å². The minimum Gasteiger partial charge on any atom is -0.323 e. The fraction of sp³-hybridized carbons (Fsp3) is 0.231. The van der Waals surface area contributed by atoms with Crippen LogP contribution in [0.15, 0.2) is 66.7 Å². The van der Waals surface area contributed by atoms with E-state index in [1.54, 1.807) is 0 Å². The zero-order valence-electron chi connectivity index (χ0n) is 17.7. The second kappa shape index (κ2) is 7.86. The van der Waals surface area contributed by atoms with E-state index in [1.165, 1.54) is 0 Å². The van der Waals surface area contributed by atoms with Crippen LogP contribution in [-0.4, -0.2) is 22.0 Å². The topological polar surface area (TPSA) is 38.1 Å². The molecule has 1 aromatic heterocycles. The second-order valence-corrected chi connectivity index (χ2v) is 8.69. The highest BCUT2D eigenvalue weighted by atomic mass is 35.5. The van der Waals surface area contributed by atoms with Crippen molar-refractivity contribution in [3.63, 3.8) is 0 Å². The van der Waals surface area contributed by atoms with E-state index in [-0.39, 0.29) is 11.8 Å². The SMILES string of the molecule is Cc1cccc(C)c1N1CC(c2nc3ccccc3n2Cc2ccccc2Cl)CC1=O. The van der Waals surface area contributed by atoms with Gasteiger partial charge < -0.3 is 9.47 Å². The van der Waals surface area contributed by atoms with E-state index in [1.807, 2.05) is 53.4 Å². The number of rotatable bonds is 4. The Balaban J connectivity index is 1.56. The lowest BCUT2D eigenvalue weighted by Crippen LogP contribution is -2.26. The lowest BCUT2D eigenvalue weighted by molar-refractivity contribution is -0.117. The van der Waals surface area contributed by atoms with Gasteiger partial charge in [0.15, 0.2) is 0 Å². The molecular weight excluding hydrogens is 406 g/mol. The van der Waals surface area contributed by atoms with Crippen molar-refractivity contribution in [2.75, 3.05) is 11.4 Å². The molecule has 0 spiro atoms. The molecule has 4 aromatic rings. The third-order valence-electron chi connectivity index (χ3n) is 6.17. The number of halogens is 1. The van der Waals surface area contributed by atoms with Crippen LogP contribution < -0.4 is 4.90 Å². The van der Waals surface area contributed by atoms with Gasteiger partial charge in [0.1, 0.15) is 5.82 Å². The van der Waals surface area contributed by atoms with Gasteiger partial charge in [0.05, 0.1) is 17.6 Å². The minimum atomic E-state index is 0.0291. The highest BCUT2D eigenvalue weighted by Crippen LogP contribution is 2.36. The Morgan fingerprint density at radius 2 is 1.68 bits per heavy atom. The van der Waals surface area contributed by atoms with Gasteiger partial charge in [-0.15, -0.1) is 0 Å². The van der Waals surface area contributed by atoms with Crippen molar-refractivity contribution in [1.82, 2.24) is 9.55 Å². The van der Waals surface area contributed by atoms with E-state index in [2.05, 4.69) is 36.6 Å². The molecule has 5 rings (SSSR count). The number of anilines is 1. The summed E-state index contributed by atoms with van der Waals surface area (Å²) in [7, 11) is 0. The van der Waals surface area contributed by atoms with Crippen LogP contribution in [0.3, 0.4) is 0 Å². The fourth-order valence-corrected chi connectivity index (χ4v) is 4.89. The predicted molar refractivity (Wildman–Crippen MR) is 126 cm³/mol. The summed E-state index contributed by atoms with van der Waals surface area (Å²) in [5.74, 6) is 1.13. The summed E-state index contributed by atoms with van der Waals surface area (Å²) in [6.45, 7) is 5.39. The summed E-state index contributed by atoms with van der Waals surface area (Å²) in [6.07, 6.45) is 0.458. The van der Waals surface area contributed by atoms with Crippen molar-refractivity contribution in [2.24, 2.45) is 0 Å². The summed E-state index contributed by atoms with van der Waals surface area (Å²) in [4.78, 5) is 20.0. The number of hydrogen-bond donors (Lipinski definition) is 0. The largest absolute Gasteiger partial charge is 0.323 e. The van der Waals surface area contributed by atoms with Crippen molar-refractivity contribution in [1.29, 1.82) is 0 Å². The Morgan fingerprint density at radius 1 is 0.968 bits per heavy atom. The van der Waals surface area contributed by atoms with E-state index in [4.69, 9.17) is 16.6 Å². The molecule has 0 aliphatic carbocycles. The van der Waals surface area contributed by atoms with Crippen molar-refractivity contribution in [3.05, 3.63) is 94.3 Å². The van der Waals surface area contributed by atoms with E-state index in [0.29, 0.717) is 19.5 Å². The Bertz CT molecular complexity index is 1270. The van der Waals surface area contributed by atoms with Gasteiger partial charge in [0.2, 0.25) is 5.91 Å². The van der Waals surface area contributed by atoms with Crippen LogP contribution in [0.5, 0.6) is 0 Å². The molecule has 1 aliphatic rings. The molecule has 0 N–H and O–H groups in total. The third kappa shape index (κ3) is 3.51. The first-order valence-corrected chi connectivity index (χ1v) is 11.0. The smallest absolute Gasteiger partial charge is 0.227 e. The van der Waals surface area contributed by atoms with E-state index in [9.17, 15) is 4.79 Å². The lowest BCUT2D eigenvalue weighted by Gasteiger charge is -2.21. The van der Waals surface area contributed by atoms with Crippen LogP contribution in [0.4, 0.5) is 5.69 Å². The van der Waals surface area contributed by atoms with Gasteiger partial charge in [-0.05, 0) is 48.7 Å². The molecule has 1 atom stereocenters. The molecule has 31 heavy (non-hydrogen) atoms. The number of aromatic nitrogens is 2. The first-order valence-electron chi connectivity index (χ1n) is 10.6. The number of amides is 1. The second-order valence-electron chi connectivity index (χ2n) is 8.28. The number of hydrogen-bond acceptors (Lipinski definition) is 2. The first kappa shape index (κ1) is 19.8. The normalized spacial score (nSPS) is 16.4. The maximum absolute atomic E-state index is 13.1. The zero-order chi connectivity index (χ0) is 21.5. The molecule has 0 saturated carbocycles. The highest BCUT2D eigenvalue weighted by Gasteiger charge is 2.36. The highest BCUT2D eigenvalue weighted by molar-refractivity contribution is 6.31. The summed E-state index contributed by atoms with van der Waals surface area (Å²) in [6, 6.07) is 22.2. The first-order chi connectivity index (χ1) is 15.0. The average molecular weight is 430 g/mol. The number of fused-ring (bicyclic) bond motifs is 1.